The Kier molecular flexibility index (Phi) is 4.22. The van der Waals surface area contributed by atoms with Crippen LogP contribution in [0.3, 0.4) is 0 Å². The van der Waals surface area contributed by atoms with E-state index in [4.69, 9.17) is 15.6 Å². The summed E-state index contributed by atoms with van der Waals surface area (Å²) in [7, 11) is -3.78. The Morgan fingerprint density at radius 1 is 1.45 bits per heavy atom. The molecule has 0 saturated carbocycles. The topological polar surface area (TPSA) is 98.7 Å². The van der Waals surface area contributed by atoms with Gasteiger partial charge < -0.3 is 15.4 Å². The van der Waals surface area contributed by atoms with Gasteiger partial charge in [-0.25, -0.2) is 13.6 Å². The number of rotatable bonds is 3. The Morgan fingerprint density at radius 3 is 2.75 bits per heavy atom. The summed E-state index contributed by atoms with van der Waals surface area (Å²) in [4.78, 5) is 2.25. The Hall–Kier alpha value is -1.31. The summed E-state index contributed by atoms with van der Waals surface area (Å²) < 4.78 is 28.8. The first-order valence-electron chi connectivity index (χ1n) is 6.62. The second-order valence-electron chi connectivity index (χ2n) is 5.04. The van der Waals surface area contributed by atoms with E-state index in [2.05, 4.69) is 11.8 Å². The van der Waals surface area contributed by atoms with E-state index in [1.54, 1.807) is 13.0 Å². The van der Waals surface area contributed by atoms with E-state index in [0.29, 0.717) is 31.0 Å². The van der Waals surface area contributed by atoms with E-state index >= 15 is 0 Å². The molecular weight excluding hydrogens is 278 g/mol. The van der Waals surface area contributed by atoms with Crippen LogP contribution < -0.4 is 15.8 Å². The molecule has 0 amide bonds. The molecule has 0 spiro atoms. The third-order valence-electron chi connectivity index (χ3n) is 3.67. The SMILES string of the molecule is CCC1COCCN1c1cc(N)cc(S(N)(=O)=O)c1C. The van der Waals surface area contributed by atoms with Gasteiger partial charge in [0.1, 0.15) is 0 Å². The number of benzene rings is 1. The molecule has 4 N–H and O–H groups in total. The summed E-state index contributed by atoms with van der Waals surface area (Å²) in [5, 5.41) is 5.27. The van der Waals surface area contributed by atoms with Crippen LogP contribution in [-0.2, 0) is 14.8 Å². The van der Waals surface area contributed by atoms with Crippen LogP contribution >= 0.6 is 0 Å². The summed E-state index contributed by atoms with van der Waals surface area (Å²) in [5.41, 5.74) is 7.70. The molecule has 1 aromatic carbocycles. The lowest BCUT2D eigenvalue weighted by Gasteiger charge is -2.38. The van der Waals surface area contributed by atoms with Crippen molar-refractivity contribution in [3.05, 3.63) is 17.7 Å². The highest BCUT2D eigenvalue weighted by molar-refractivity contribution is 7.89. The lowest BCUT2D eigenvalue weighted by atomic mass is 10.1. The van der Waals surface area contributed by atoms with Gasteiger partial charge in [0.15, 0.2) is 0 Å². The van der Waals surface area contributed by atoms with Gasteiger partial charge >= 0.3 is 0 Å². The fourth-order valence-electron chi connectivity index (χ4n) is 2.60. The average Bonchev–Trinajstić information content (AvgIpc) is 2.39. The Bertz CT molecular complexity index is 601. The number of nitrogens with two attached hydrogens (primary N) is 2. The summed E-state index contributed by atoms with van der Waals surface area (Å²) in [5.74, 6) is 0. The minimum absolute atomic E-state index is 0.0915. The van der Waals surface area contributed by atoms with Crippen LogP contribution in [0.1, 0.15) is 18.9 Å². The van der Waals surface area contributed by atoms with Crippen molar-refractivity contribution in [1.82, 2.24) is 0 Å². The monoisotopic (exact) mass is 299 g/mol. The van der Waals surface area contributed by atoms with Crippen LogP contribution in [0.15, 0.2) is 17.0 Å². The van der Waals surface area contributed by atoms with Gasteiger partial charge in [-0.1, -0.05) is 6.92 Å². The molecule has 1 aliphatic heterocycles. The van der Waals surface area contributed by atoms with Gasteiger partial charge in [-0.2, -0.15) is 0 Å². The molecule has 1 unspecified atom stereocenters. The lowest BCUT2D eigenvalue weighted by Crippen LogP contribution is -2.45. The zero-order valence-corrected chi connectivity index (χ0v) is 12.6. The molecule has 112 valence electrons. The minimum Gasteiger partial charge on any atom is -0.399 e. The number of morpholine rings is 1. The lowest BCUT2D eigenvalue weighted by molar-refractivity contribution is 0.0929. The van der Waals surface area contributed by atoms with Gasteiger partial charge in [0, 0.05) is 17.9 Å². The number of sulfonamides is 1. The van der Waals surface area contributed by atoms with E-state index in [0.717, 1.165) is 12.1 Å². The zero-order valence-electron chi connectivity index (χ0n) is 11.8. The van der Waals surface area contributed by atoms with Gasteiger partial charge in [0.2, 0.25) is 10.0 Å². The molecule has 0 radical (unpaired) electrons. The van der Waals surface area contributed by atoms with Gasteiger partial charge in [-0.15, -0.1) is 0 Å². The minimum atomic E-state index is -3.78. The van der Waals surface area contributed by atoms with Crippen LogP contribution in [0.5, 0.6) is 0 Å². The van der Waals surface area contributed by atoms with E-state index in [-0.39, 0.29) is 10.9 Å². The maximum atomic E-state index is 11.7. The Morgan fingerprint density at radius 2 is 2.15 bits per heavy atom. The molecule has 7 heteroatoms. The van der Waals surface area contributed by atoms with E-state index in [9.17, 15) is 8.42 Å². The fourth-order valence-corrected chi connectivity index (χ4v) is 3.43. The van der Waals surface area contributed by atoms with Crippen molar-refractivity contribution >= 4 is 21.4 Å². The number of anilines is 2. The van der Waals surface area contributed by atoms with Crippen LogP contribution in [0.25, 0.3) is 0 Å². The van der Waals surface area contributed by atoms with E-state index in [1.807, 2.05) is 0 Å². The van der Waals surface area contributed by atoms with Gasteiger partial charge in [0.25, 0.3) is 0 Å². The molecule has 0 bridgehead atoms. The van der Waals surface area contributed by atoms with E-state index in [1.165, 1.54) is 6.07 Å². The molecule has 0 aromatic heterocycles. The molecule has 1 fully saturated rings. The molecule has 1 atom stereocenters. The highest BCUT2D eigenvalue weighted by Crippen LogP contribution is 2.31. The van der Waals surface area contributed by atoms with Gasteiger partial charge in [-0.3, -0.25) is 0 Å². The second-order valence-corrected chi connectivity index (χ2v) is 6.57. The van der Waals surface area contributed by atoms with Crippen molar-refractivity contribution in [3.8, 4) is 0 Å². The van der Waals surface area contributed by atoms with Crippen molar-refractivity contribution in [3.63, 3.8) is 0 Å². The number of primary sulfonamides is 1. The standard InChI is InChI=1S/C13H21N3O3S/c1-3-11-8-19-5-4-16(11)12-6-10(14)7-13(9(12)2)20(15,17)18/h6-7,11H,3-5,8,14H2,1-2H3,(H2,15,17,18). The molecule has 20 heavy (non-hydrogen) atoms. The molecule has 1 aliphatic rings. The maximum absolute atomic E-state index is 11.7. The first-order chi connectivity index (χ1) is 9.34. The Balaban J connectivity index is 2.53. The second kappa shape index (κ2) is 5.59. The number of hydrogen-bond donors (Lipinski definition) is 2. The predicted molar refractivity (Wildman–Crippen MR) is 79.2 cm³/mol. The predicted octanol–water partition coefficient (Wildman–Crippen LogP) is 0.840. The molecular formula is C13H21N3O3S. The van der Waals surface area contributed by atoms with Crippen molar-refractivity contribution < 1.29 is 13.2 Å². The molecule has 6 nitrogen and oxygen atoms in total. The number of nitrogen functional groups attached to an aromatic ring is 1. The summed E-state index contributed by atoms with van der Waals surface area (Å²) in [6, 6.07) is 3.44. The Labute approximate surface area is 119 Å². The summed E-state index contributed by atoms with van der Waals surface area (Å²) >= 11 is 0. The normalized spacial score (nSPS) is 20.1. The zero-order chi connectivity index (χ0) is 14.9. The number of hydrogen-bond acceptors (Lipinski definition) is 5. The van der Waals surface area contributed by atoms with Crippen molar-refractivity contribution in [2.75, 3.05) is 30.4 Å². The molecule has 1 heterocycles. The molecule has 1 saturated heterocycles. The largest absolute Gasteiger partial charge is 0.399 e. The summed E-state index contributed by atoms with van der Waals surface area (Å²) in [6.45, 7) is 5.81. The van der Waals surface area contributed by atoms with Crippen LogP contribution in [0, 0.1) is 6.92 Å². The molecule has 0 aliphatic carbocycles. The quantitative estimate of drug-likeness (QED) is 0.806. The average molecular weight is 299 g/mol. The highest BCUT2D eigenvalue weighted by Gasteiger charge is 2.25. The van der Waals surface area contributed by atoms with Crippen LogP contribution in [0.4, 0.5) is 11.4 Å². The van der Waals surface area contributed by atoms with Crippen molar-refractivity contribution in [2.45, 2.75) is 31.2 Å². The van der Waals surface area contributed by atoms with Gasteiger partial charge in [0.05, 0.1) is 24.2 Å². The van der Waals surface area contributed by atoms with Crippen LogP contribution in [0.2, 0.25) is 0 Å². The fraction of sp³-hybridized carbons (Fsp3) is 0.538. The van der Waals surface area contributed by atoms with Crippen molar-refractivity contribution in [2.24, 2.45) is 5.14 Å². The molecule has 1 aromatic rings. The van der Waals surface area contributed by atoms with E-state index < -0.39 is 10.0 Å². The highest BCUT2D eigenvalue weighted by atomic mass is 32.2. The third-order valence-corrected chi connectivity index (χ3v) is 4.71. The first-order valence-corrected chi connectivity index (χ1v) is 8.16. The smallest absolute Gasteiger partial charge is 0.238 e. The number of nitrogens with zero attached hydrogens (tertiary/aromatic N) is 1. The van der Waals surface area contributed by atoms with Crippen LogP contribution in [-0.4, -0.2) is 34.2 Å². The van der Waals surface area contributed by atoms with Crippen molar-refractivity contribution in [1.29, 1.82) is 0 Å². The third kappa shape index (κ3) is 2.89. The molecule has 2 rings (SSSR count). The first kappa shape index (κ1) is 15.1. The maximum Gasteiger partial charge on any atom is 0.238 e. The summed E-state index contributed by atoms with van der Waals surface area (Å²) in [6.07, 6.45) is 0.916. The van der Waals surface area contributed by atoms with Gasteiger partial charge in [-0.05, 0) is 31.0 Å². The number of ether oxygens (including phenoxy) is 1.